The van der Waals surface area contributed by atoms with Crippen molar-refractivity contribution >= 4 is 18.3 Å². The number of aliphatic carboxylic acids is 1. The van der Waals surface area contributed by atoms with Crippen molar-refractivity contribution in [3.63, 3.8) is 0 Å². The zero-order valence-corrected chi connectivity index (χ0v) is 26.8. The molecule has 15 N–H and O–H groups in total. The molecule has 17 atom stereocenters. The molecule has 3 rings (SSSR count). The Morgan fingerprint density at radius 3 is 2.06 bits per heavy atom. The van der Waals surface area contributed by atoms with Gasteiger partial charge >= 0.3 is 5.97 Å². The van der Waals surface area contributed by atoms with Gasteiger partial charge in [0.1, 0.15) is 73.8 Å². The first-order valence-electron chi connectivity index (χ1n) is 15.6. The van der Waals surface area contributed by atoms with Gasteiger partial charge in [-0.1, -0.05) is 0 Å². The van der Waals surface area contributed by atoms with E-state index >= 15 is 0 Å². The zero-order chi connectivity index (χ0) is 38.2. The quantitative estimate of drug-likeness (QED) is 0.0578. The smallest absolute Gasteiger partial charge is 0.364 e. The summed E-state index contributed by atoms with van der Waals surface area (Å²) in [5.41, 5.74) is 0. The summed E-state index contributed by atoms with van der Waals surface area (Å²) in [5.74, 6) is -6.28. The first-order valence-corrected chi connectivity index (χ1v) is 15.6. The number of amides is 2. The largest absolute Gasteiger partial charge is 0.477 e. The molecule has 24 nitrogen and oxygen atoms in total. The van der Waals surface area contributed by atoms with Crippen molar-refractivity contribution in [3.8, 4) is 0 Å². The topological polar surface area (TPSA) is 394 Å². The Hall–Kier alpha value is -2.31. The fraction of sp³-hybridized carbons (Fsp3) is 0.889. The van der Waals surface area contributed by atoms with E-state index in [1.807, 2.05) is 0 Å². The second kappa shape index (κ2) is 19.1. The Kier molecular flexibility index (Phi) is 16.2. The summed E-state index contributed by atoms with van der Waals surface area (Å²) in [6.07, 6.45) is -28.4. The first-order chi connectivity index (χ1) is 24.1. The number of carbonyl (C=O) groups is 3. The van der Waals surface area contributed by atoms with Crippen LogP contribution in [0.3, 0.4) is 0 Å². The van der Waals surface area contributed by atoms with E-state index in [1.165, 1.54) is 0 Å². The van der Waals surface area contributed by atoms with E-state index in [0.717, 1.165) is 0 Å². The molecule has 3 aliphatic rings. The van der Waals surface area contributed by atoms with Crippen molar-refractivity contribution in [1.82, 2.24) is 10.6 Å². The van der Waals surface area contributed by atoms with Gasteiger partial charge in [-0.05, 0) is 0 Å². The van der Waals surface area contributed by atoms with Crippen molar-refractivity contribution in [2.75, 3.05) is 39.6 Å². The Bertz CT molecular complexity index is 1120. The third-order valence-electron chi connectivity index (χ3n) is 8.53. The van der Waals surface area contributed by atoms with Gasteiger partial charge in [-0.15, -0.1) is 0 Å². The van der Waals surface area contributed by atoms with Crippen LogP contribution in [0.25, 0.3) is 0 Å². The van der Waals surface area contributed by atoms with Gasteiger partial charge in [0.15, 0.2) is 12.6 Å². The van der Waals surface area contributed by atoms with E-state index in [0.29, 0.717) is 0 Å². The average Bonchev–Trinajstić information content (AvgIpc) is 3.11. The summed E-state index contributed by atoms with van der Waals surface area (Å²) in [5, 5.41) is 138. The Morgan fingerprint density at radius 2 is 1.51 bits per heavy atom. The molecule has 0 aromatic carbocycles. The van der Waals surface area contributed by atoms with Crippen LogP contribution in [0, 0.1) is 0 Å². The summed E-state index contributed by atoms with van der Waals surface area (Å²) in [4.78, 5) is 35.3. The molecule has 0 aliphatic carbocycles. The number of rotatable bonds is 18. The molecule has 0 saturated carbocycles. The number of hydrogen-bond donors (Lipinski definition) is 15. The minimum Gasteiger partial charge on any atom is -0.477 e. The van der Waals surface area contributed by atoms with Crippen molar-refractivity contribution in [1.29, 1.82) is 0 Å². The lowest BCUT2D eigenvalue weighted by molar-refractivity contribution is -0.386. The number of aliphatic hydroxyl groups excluding tert-OH is 12. The summed E-state index contributed by atoms with van der Waals surface area (Å²) in [6.45, 7) is -5.16. The van der Waals surface area contributed by atoms with Crippen LogP contribution in [0.2, 0.25) is 0 Å². The number of carboxylic acids is 1. The van der Waals surface area contributed by atoms with Crippen LogP contribution in [0.5, 0.6) is 0 Å². The number of carbonyl (C=O) groups excluding carboxylic acids is 2. The number of hydrogen-bond acceptors (Lipinski definition) is 21. The van der Waals surface area contributed by atoms with Gasteiger partial charge in [0.25, 0.3) is 5.79 Å². The lowest BCUT2D eigenvalue weighted by atomic mass is 9.88. The molecule has 3 fully saturated rings. The molecular formula is C27H46N2O22. The van der Waals surface area contributed by atoms with Crippen LogP contribution < -0.4 is 10.6 Å². The van der Waals surface area contributed by atoms with E-state index in [9.17, 15) is 75.7 Å². The van der Waals surface area contributed by atoms with Crippen molar-refractivity contribution in [3.05, 3.63) is 0 Å². The maximum atomic E-state index is 12.7. The number of nitrogens with one attached hydrogen (secondary N) is 2. The predicted octanol–water partition coefficient (Wildman–Crippen LogP) is -10.1. The lowest BCUT2D eigenvalue weighted by Gasteiger charge is -2.50. The van der Waals surface area contributed by atoms with Crippen LogP contribution in [-0.4, -0.2) is 228 Å². The van der Waals surface area contributed by atoms with E-state index in [4.69, 9.17) is 33.5 Å². The SMILES string of the molecule is O=CN[C@H](CO)CO[C@@H]1O[C@H](CO)[C@@H](O[C@@H]2O[C@H](CO)[C@H](O)[C@H](O[C@]3(C(=O)O)C[C@H](O)[C@@H](NC(=O)CO)[C@H]([C@H](O)[C@H](O)CO)O3)[C@H]2O)[C@H](O)[C@H]1O. The Morgan fingerprint density at radius 1 is 0.863 bits per heavy atom. The van der Waals surface area contributed by atoms with Crippen molar-refractivity contribution in [2.45, 2.75) is 110 Å². The van der Waals surface area contributed by atoms with Gasteiger partial charge < -0.3 is 105 Å². The molecule has 0 spiro atoms. The predicted molar refractivity (Wildman–Crippen MR) is 155 cm³/mol. The van der Waals surface area contributed by atoms with Gasteiger partial charge in [-0.2, -0.15) is 0 Å². The van der Waals surface area contributed by atoms with Gasteiger partial charge in [0, 0.05) is 6.42 Å². The molecule has 296 valence electrons. The highest BCUT2D eigenvalue weighted by molar-refractivity contribution is 5.78. The minimum absolute atomic E-state index is 0.278. The maximum Gasteiger partial charge on any atom is 0.364 e. The van der Waals surface area contributed by atoms with Crippen molar-refractivity contribution < 1.29 is 109 Å². The molecule has 2 amide bonds. The number of ether oxygens (including phenoxy) is 6. The fourth-order valence-electron chi connectivity index (χ4n) is 5.74. The van der Waals surface area contributed by atoms with E-state index in [1.54, 1.807) is 0 Å². The molecule has 24 heteroatoms. The Balaban J connectivity index is 1.88. The van der Waals surface area contributed by atoms with Crippen LogP contribution >= 0.6 is 0 Å². The van der Waals surface area contributed by atoms with Gasteiger partial charge in [0.2, 0.25) is 12.3 Å². The third-order valence-corrected chi connectivity index (χ3v) is 8.53. The molecule has 3 heterocycles. The summed E-state index contributed by atoms with van der Waals surface area (Å²) < 4.78 is 32.9. The highest BCUT2D eigenvalue weighted by Crippen LogP contribution is 2.38. The van der Waals surface area contributed by atoms with Gasteiger partial charge in [0.05, 0.1) is 51.2 Å². The normalized spacial score (nSPS) is 40.5. The second-order valence-electron chi connectivity index (χ2n) is 12.0. The number of aliphatic hydroxyl groups is 12. The summed E-state index contributed by atoms with van der Waals surface area (Å²) in [6, 6.07) is -2.66. The standard InChI is InChI=1S/C27H46N2O22/c30-2-9(28-8-35)7-46-24-19(42)18(41)21(13(5-33)48-24)49-25-20(43)23(17(40)12(4-32)47-25)51-27(26(44)45)1-10(36)15(29-14(38)6-34)22(50-27)16(39)11(37)3-31/h8-13,15-25,30-34,36-37,39-43H,1-7H2,(H,28,35)(H,29,38)(H,44,45)/t9-,10+,11-,12-,13-,15-,16-,17+,18-,19-,20-,21-,22-,23+,24-,25+,27+/m1/s1. The van der Waals surface area contributed by atoms with Crippen LogP contribution in [0.4, 0.5) is 0 Å². The molecular weight excluding hydrogens is 704 g/mol. The molecule has 0 aromatic rings. The molecule has 0 bridgehead atoms. The highest BCUT2D eigenvalue weighted by Gasteiger charge is 2.60. The van der Waals surface area contributed by atoms with Gasteiger partial charge in [-0.25, -0.2) is 4.79 Å². The molecule has 0 aromatic heterocycles. The summed E-state index contributed by atoms with van der Waals surface area (Å²) in [7, 11) is 0. The molecule has 0 radical (unpaired) electrons. The number of carboxylic acid groups (broad SMARTS) is 1. The average molecular weight is 751 g/mol. The van der Waals surface area contributed by atoms with E-state index < -0.39 is 162 Å². The minimum atomic E-state index is -3.12. The molecule has 3 saturated heterocycles. The van der Waals surface area contributed by atoms with Gasteiger partial charge in [-0.3, -0.25) is 9.59 Å². The molecule has 0 unspecified atom stereocenters. The zero-order valence-electron chi connectivity index (χ0n) is 26.8. The second-order valence-corrected chi connectivity index (χ2v) is 12.0. The van der Waals surface area contributed by atoms with Crippen molar-refractivity contribution in [2.24, 2.45) is 0 Å². The third kappa shape index (κ3) is 9.82. The van der Waals surface area contributed by atoms with Crippen LogP contribution in [-0.2, 0) is 42.8 Å². The molecule has 3 aliphatic heterocycles. The fourth-order valence-corrected chi connectivity index (χ4v) is 5.74. The van der Waals surface area contributed by atoms with Crippen LogP contribution in [0.1, 0.15) is 6.42 Å². The Labute approximate surface area is 288 Å². The summed E-state index contributed by atoms with van der Waals surface area (Å²) >= 11 is 0. The lowest BCUT2D eigenvalue weighted by Crippen LogP contribution is -2.71. The highest BCUT2D eigenvalue weighted by atomic mass is 16.8. The molecule has 51 heavy (non-hydrogen) atoms. The monoisotopic (exact) mass is 750 g/mol. The van der Waals surface area contributed by atoms with E-state index in [-0.39, 0.29) is 6.41 Å². The first kappa shape index (κ1) is 43.1. The maximum absolute atomic E-state index is 12.7. The van der Waals surface area contributed by atoms with Crippen LogP contribution in [0.15, 0.2) is 0 Å². The van der Waals surface area contributed by atoms with E-state index in [2.05, 4.69) is 10.6 Å².